The Morgan fingerprint density at radius 1 is 1.53 bits per heavy atom. The van der Waals surface area contributed by atoms with Crippen molar-refractivity contribution in [3.05, 3.63) is 30.1 Å². The molecule has 1 saturated heterocycles. The molecular weight excluding hydrogens is 184 g/mol. The van der Waals surface area contributed by atoms with Crippen molar-refractivity contribution in [2.24, 2.45) is 5.92 Å². The van der Waals surface area contributed by atoms with E-state index in [1.165, 1.54) is 31.4 Å². The maximum absolute atomic E-state index is 4.16. The number of pyridine rings is 1. The summed E-state index contributed by atoms with van der Waals surface area (Å²) in [6.07, 6.45) is 8.95. The maximum atomic E-state index is 4.16. The Bertz CT molecular complexity index is 284. The van der Waals surface area contributed by atoms with Gasteiger partial charge in [-0.3, -0.25) is 4.98 Å². The van der Waals surface area contributed by atoms with E-state index in [1.54, 1.807) is 0 Å². The molecule has 82 valence electrons. The van der Waals surface area contributed by atoms with E-state index in [-0.39, 0.29) is 0 Å². The molecule has 1 aliphatic rings. The molecule has 0 saturated carbocycles. The molecule has 0 spiro atoms. The molecule has 0 aromatic carbocycles. The third kappa shape index (κ3) is 3.03. The van der Waals surface area contributed by atoms with Crippen LogP contribution >= 0.6 is 0 Å². The van der Waals surface area contributed by atoms with Gasteiger partial charge in [-0.05, 0) is 43.4 Å². The number of nitrogens with one attached hydrogen (secondary N) is 1. The van der Waals surface area contributed by atoms with Crippen molar-refractivity contribution in [3.8, 4) is 0 Å². The first-order valence-corrected chi connectivity index (χ1v) is 6.00. The summed E-state index contributed by atoms with van der Waals surface area (Å²) in [4.78, 5) is 4.16. The van der Waals surface area contributed by atoms with E-state index in [2.05, 4.69) is 23.3 Å². The lowest BCUT2D eigenvalue weighted by molar-refractivity contribution is 0.294. The molecule has 15 heavy (non-hydrogen) atoms. The molecule has 2 heteroatoms. The largest absolute Gasteiger partial charge is 0.314 e. The predicted octanol–water partition coefficient (Wildman–Crippen LogP) is 2.40. The monoisotopic (exact) mass is 204 g/mol. The van der Waals surface area contributed by atoms with Gasteiger partial charge in [0.2, 0.25) is 0 Å². The van der Waals surface area contributed by atoms with Crippen LogP contribution in [0, 0.1) is 5.92 Å². The quantitative estimate of drug-likeness (QED) is 0.818. The van der Waals surface area contributed by atoms with E-state index in [4.69, 9.17) is 0 Å². The summed E-state index contributed by atoms with van der Waals surface area (Å²) in [5, 5.41) is 3.60. The molecule has 1 aromatic rings. The molecule has 1 aromatic heterocycles. The summed E-state index contributed by atoms with van der Waals surface area (Å²) < 4.78 is 0. The number of hydrogen-bond donors (Lipinski definition) is 1. The highest BCUT2D eigenvalue weighted by Crippen LogP contribution is 2.21. The molecule has 0 bridgehead atoms. The molecule has 0 aliphatic carbocycles. The van der Waals surface area contributed by atoms with Crippen LogP contribution < -0.4 is 5.32 Å². The normalized spacial score (nSPS) is 26.5. The first-order valence-electron chi connectivity index (χ1n) is 6.00. The van der Waals surface area contributed by atoms with E-state index < -0.39 is 0 Å². The fourth-order valence-corrected chi connectivity index (χ4v) is 2.42. The lowest BCUT2D eigenvalue weighted by Crippen LogP contribution is -2.39. The first-order chi connectivity index (χ1) is 7.38. The highest BCUT2D eigenvalue weighted by molar-refractivity contribution is 5.10. The van der Waals surface area contributed by atoms with Gasteiger partial charge in [0, 0.05) is 18.4 Å². The van der Waals surface area contributed by atoms with Crippen molar-refractivity contribution >= 4 is 0 Å². The third-order valence-electron chi connectivity index (χ3n) is 3.39. The topological polar surface area (TPSA) is 24.9 Å². The van der Waals surface area contributed by atoms with Crippen LogP contribution in [0.25, 0.3) is 0 Å². The Balaban J connectivity index is 1.89. The Hall–Kier alpha value is -0.890. The summed E-state index contributed by atoms with van der Waals surface area (Å²) in [6.45, 7) is 3.49. The molecular formula is C13H20N2. The minimum Gasteiger partial charge on any atom is -0.314 e. The van der Waals surface area contributed by atoms with Gasteiger partial charge in [0.25, 0.3) is 0 Å². The summed E-state index contributed by atoms with van der Waals surface area (Å²) in [7, 11) is 0. The van der Waals surface area contributed by atoms with Gasteiger partial charge in [-0.15, -0.1) is 0 Å². The highest BCUT2D eigenvalue weighted by Gasteiger charge is 2.19. The van der Waals surface area contributed by atoms with Crippen LogP contribution in [-0.2, 0) is 6.42 Å². The number of nitrogens with zero attached hydrogens (tertiary/aromatic N) is 1. The molecule has 0 amide bonds. The second-order valence-electron chi connectivity index (χ2n) is 4.52. The van der Waals surface area contributed by atoms with Gasteiger partial charge in [0.15, 0.2) is 0 Å². The van der Waals surface area contributed by atoms with E-state index in [0.717, 1.165) is 12.3 Å². The summed E-state index contributed by atoms with van der Waals surface area (Å²) >= 11 is 0. The molecule has 1 N–H and O–H groups in total. The SMILES string of the molecule is CCC1CCNC(Cc2cccnc2)C1. The molecule has 1 aliphatic heterocycles. The van der Waals surface area contributed by atoms with Crippen molar-refractivity contribution in [2.75, 3.05) is 6.54 Å². The second kappa shape index (κ2) is 5.26. The average Bonchev–Trinajstić information content (AvgIpc) is 2.31. The van der Waals surface area contributed by atoms with E-state index in [9.17, 15) is 0 Å². The van der Waals surface area contributed by atoms with Crippen LogP contribution in [0.5, 0.6) is 0 Å². The average molecular weight is 204 g/mol. The van der Waals surface area contributed by atoms with Crippen molar-refractivity contribution in [1.82, 2.24) is 10.3 Å². The van der Waals surface area contributed by atoms with Gasteiger partial charge in [-0.25, -0.2) is 0 Å². The van der Waals surface area contributed by atoms with Gasteiger partial charge in [-0.2, -0.15) is 0 Å². The molecule has 2 heterocycles. The minimum atomic E-state index is 0.660. The number of hydrogen-bond acceptors (Lipinski definition) is 2. The van der Waals surface area contributed by atoms with Crippen molar-refractivity contribution < 1.29 is 0 Å². The molecule has 2 rings (SSSR count). The van der Waals surface area contributed by atoms with Crippen LogP contribution in [0.15, 0.2) is 24.5 Å². The fourth-order valence-electron chi connectivity index (χ4n) is 2.42. The number of aromatic nitrogens is 1. The second-order valence-corrected chi connectivity index (χ2v) is 4.52. The lowest BCUT2D eigenvalue weighted by Gasteiger charge is -2.29. The lowest BCUT2D eigenvalue weighted by atomic mass is 9.88. The van der Waals surface area contributed by atoms with Crippen LogP contribution in [0.1, 0.15) is 31.7 Å². The zero-order valence-corrected chi connectivity index (χ0v) is 9.45. The van der Waals surface area contributed by atoms with Gasteiger partial charge in [0.05, 0.1) is 0 Å². The molecule has 2 unspecified atom stereocenters. The van der Waals surface area contributed by atoms with Crippen molar-refractivity contribution in [2.45, 2.75) is 38.6 Å². The summed E-state index contributed by atoms with van der Waals surface area (Å²) in [6, 6.07) is 4.85. The molecule has 0 radical (unpaired) electrons. The Morgan fingerprint density at radius 2 is 2.47 bits per heavy atom. The van der Waals surface area contributed by atoms with Crippen LogP contribution in [0.4, 0.5) is 0 Å². The molecule has 1 fully saturated rings. The maximum Gasteiger partial charge on any atom is 0.0300 e. The molecule has 2 atom stereocenters. The Kier molecular flexibility index (Phi) is 3.73. The van der Waals surface area contributed by atoms with E-state index >= 15 is 0 Å². The van der Waals surface area contributed by atoms with Crippen LogP contribution in [0.2, 0.25) is 0 Å². The van der Waals surface area contributed by atoms with Gasteiger partial charge in [0.1, 0.15) is 0 Å². The van der Waals surface area contributed by atoms with Gasteiger partial charge >= 0.3 is 0 Å². The highest BCUT2D eigenvalue weighted by atomic mass is 14.9. The van der Waals surface area contributed by atoms with Crippen molar-refractivity contribution in [3.63, 3.8) is 0 Å². The predicted molar refractivity (Wildman–Crippen MR) is 62.7 cm³/mol. The zero-order valence-electron chi connectivity index (χ0n) is 9.45. The smallest absolute Gasteiger partial charge is 0.0300 e. The third-order valence-corrected chi connectivity index (χ3v) is 3.39. The Labute approximate surface area is 92.1 Å². The van der Waals surface area contributed by atoms with Crippen LogP contribution in [-0.4, -0.2) is 17.6 Å². The van der Waals surface area contributed by atoms with Gasteiger partial charge in [-0.1, -0.05) is 19.4 Å². The number of rotatable bonds is 3. The summed E-state index contributed by atoms with van der Waals surface area (Å²) in [5.74, 6) is 0.924. The van der Waals surface area contributed by atoms with E-state index in [1.807, 2.05) is 18.5 Å². The minimum absolute atomic E-state index is 0.660. The standard InChI is InChI=1S/C13H20N2/c1-2-11-5-7-15-13(8-11)9-12-4-3-6-14-10-12/h3-4,6,10-11,13,15H,2,5,7-9H2,1H3. The van der Waals surface area contributed by atoms with Crippen molar-refractivity contribution in [1.29, 1.82) is 0 Å². The zero-order chi connectivity index (χ0) is 10.5. The van der Waals surface area contributed by atoms with Crippen LogP contribution in [0.3, 0.4) is 0 Å². The van der Waals surface area contributed by atoms with E-state index in [0.29, 0.717) is 6.04 Å². The Morgan fingerprint density at radius 3 is 3.20 bits per heavy atom. The fraction of sp³-hybridized carbons (Fsp3) is 0.615. The number of piperidine rings is 1. The van der Waals surface area contributed by atoms with Gasteiger partial charge < -0.3 is 5.32 Å². The first kappa shape index (κ1) is 10.6. The summed E-state index contributed by atoms with van der Waals surface area (Å²) in [5.41, 5.74) is 1.35. The molecule has 2 nitrogen and oxygen atoms in total.